The smallest absolute Gasteiger partial charge is 0.284 e. The van der Waals surface area contributed by atoms with Crippen molar-refractivity contribution in [3.8, 4) is 5.75 Å². The van der Waals surface area contributed by atoms with Crippen molar-refractivity contribution in [2.45, 2.75) is 19.3 Å². The van der Waals surface area contributed by atoms with E-state index in [4.69, 9.17) is 4.74 Å². The molecule has 0 aliphatic rings. The second-order valence-corrected chi connectivity index (χ2v) is 4.57. The topological polar surface area (TPSA) is 55.4 Å². The summed E-state index contributed by atoms with van der Waals surface area (Å²) in [5.41, 5.74) is 0.234. The summed E-state index contributed by atoms with van der Waals surface area (Å²) in [7, 11) is 1.40. The summed E-state index contributed by atoms with van der Waals surface area (Å²) in [5.74, 6) is -0.965. The number of amides is 1. The van der Waals surface area contributed by atoms with Gasteiger partial charge in [-0.25, -0.2) is 4.39 Å². The summed E-state index contributed by atoms with van der Waals surface area (Å²) in [6, 6.07) is 4.63. The van der Waals surface area contributed by atoms with Gasteiger partial charge in [-0.2, -0.15) is 0 Å². The molecule has 0 radical (unpaired) electrons. The van der Waals surface area contributed by atoms with E-state index in [-0.39, 0.29) is 18.6 Å². The van der Waals surface area contributed by atoms with Gasteiger partial charge in [0.1, 0.15) is 0 Å². The number of benzene rings is 1. The first kappa shape index (κ1) is 14.2. The molecule has 1 rings (SSSR count). The number of rotatable bonds is 5. The van der Waals surface area contributed by atoms with Crippen LogP contribution < -0.4 is 10.1 Å². The van der Waals surface area contributed by atoms with Crippen LogP contribution in [0.5, 0.6) is 5.75 Å². The lowest BCUT2D eigenvalue weighted by Crippen LogP contribution is -2.37. The van der Waals surface area contributed by atoms with Gasteiger partial charge in [0.25, 0.3) is 5.91 Å². The predicted octanol–water partition coefficient (Wildman–Crippen LogP) is 1.43. The van der Waals surface area contributed by atoms with Crippen LogP contribution in [0.4, 0.5) is 4.39 Å². The van der Waals surface area contributed by atoms with E-state index in [2.05, 4.69) is 5.32 Å². The van der Waals surface area contributed by atoms with Crippen molar-refractivity contribution in [1.82, 2.24) is 5.32 Å². The Bertz CT molecular complexity index is 458. The molecule has 1 N–H and O–H groups in total. The molecule has 1 amide bonds. The third kappa shape index (κ3) is 3.29. The average molecular weight is 253 g/mol. The van der Waals surface area contributed by atoms with Crippen molar-refractivity contribution >= 4 is 12.2 Å². The van der Waals surface area contributed by atoms with Crippen LogP contribution in [0.1, 0.15) is 19.4 Å². The number of nitrogens with one attached hydrogen (secondary N) is 1. The molecule has 1 aromatic carbocycles. The normalized spacial score (nSPS) is 10.9. The van der Waals surface area contributed by atoms with Crippen LogP contribution in [0.2, 0.25) is 0 Å². The van der Waals surface area contributed by atoms with Crippen molar-refractivity contribution in [2.24, 2.45) is 0 Å². The number of methoxy groups -OCH3 is 1. The fourth-order valence-electron chi connectivity index (χ4n) is 1.54. The minimum Gasteiger partial charge on any atom is -0.494 e. The summed E-state index contributed by atoms with van der Waals surface area (Å²) >= 11 is 0. The highest BCUT2D eigenvalue weighted by Crippen LogP contribution is 2.26. The first-order chi connectivity index (χ1) is 8.40. The number of hydrogen-bond acceptors (Lipinski definition) is 3. The van der Waals surface area contributed by atoms with Gasteiger partial charge in [-0.3, -0.25) is 9.59 Å². The van der Waals surface area contributed by atoms with Crippen molar-refractivity contribution in [2.75, 3.05) is 13.7 Å². The maximum Gasteiger partial charge on any atom is 0.284 e. The molecule has 0 unspecified atom stereocenters. The summed E-state index contributed by atoms with van der Waals surface area (Å²) in [6.45, 7) is 3.94. The molecular weight excluding hydrogens is 237 g/mol. The van der Waals surface area contributed by atoms with Gasteiger partial charge in [0, 0.05) is 12.0 Å². The fourth-order valence-corrected chi connectivity index (χ4v) is 1.54. The maximum absolute atomic E-state index is 13.6. The van der Waals surface area contributed by atoms with Gasteiger partial charge in [0.2, 0.25) is 6.29 Å². The minimum absolute atomic E-state index is 0.173. The number of hydrogen-bond donors (Lipinski definition) is 1. The van der Waals surface area contributed by atoms with Gasteiger partial charge in [0.15, 0.2) is 11.6 Å². The number of aldehydes is 1. The molecule has 98 valence electrons. The van der Waals surface area contributed by atoms with Gasteiger partial charge >= 0.3 is 0 Å². The van der Waals surface area contributed by atoms with Crippen molar-refractivity contribution < 1.29 is 18.7 Å². The Labute approximate surface area is 105 Å². The van der Waals surface area contributed by atoms with Crippen molar-refractivity contribution in [3.63, 3.8) is 0 Å². The predicted molar refractivity (Wildman–Crippen MR) is 65.1 cm³/mol. The number of ether oxygens (including phenoxy) is 1. The summed E-state index contributed by atoms with van der Waals surface area (Å²) in [6.07, 6.45) is 0.213. The van der Waals surface area contributed by atoms with E-state index in [0.29, 0.717) is 5.56 Å². The van der Waals surface area contributed by atoms with Gasteiger partial charge in [-0.05, 0) is 17.7 Å². The molecule has 0 saturated carbocycles. The highest BCUT2D eigenvalue weighted by Gasteiger charge is 2.22. The molecule has 5 heteroatoms. The summed E-state index contributed by atoms with van der Waals surface area (Å²) in [5, 5.41) is 2.46. The lowest BCUT2D eigenvalue weighted by Gasteiger charge is -2.25. The van der Waals surface area contributed by atoms with Gasteiger partial charge in [-0.15, -0.1) is 0 Å². The van der Waals surface area contributed by atoms with E-state index in [0.717, 1.165) is 0 Å². The zero-order valence-corrected chi connectivity index (χ0v) is 10.6. The van der Waals surface area contributed by atoms with Crippen LogP contribution in [0, 0.1) is 5.82 Å². The summed E-state index contributed by atoms with van der Waals surface area (Å²) in [4.78, 5) is 21.1. The Morgan fingerprint density at radius 3 is 2.67 bits per heavy atom. The van der Waals surface area contributed by atoms with Gasteiger partial charge in [0.05, 0.1) is 7.11 Å². The molecule has 4 nitrogen and oxygen atoms in total. The summed E-state index contributed by atoms with van der Waals surface area (Å²) < 4.78 is 18.4. The number of halogens is 1. The lowest BCUT2D eigenvalue weighted by molar-refractivity contribution is -0.131. The molecule has 0 atom stereocenters. The number of carbonyl (C=O) groups excluding carboxylic acids is 2. The Hall–Kier alpha value is -1.91. The molecule has 0 aliphatic carbocycles. The molecular formula is C13H16FNO3. The molecule has 18 heavy (non-hydrogen) atoms. The van der Waals surface area contributed by atoms with Crippen molar-refractivity contribution in [3.05, 3.63) is 29.6 Å². The van der Waals surface area contributed by atoms with Gasteiger partial charge in [-0.1, -0.05) is 19.9 Å². The average Bonchev–Trinajstić information content (AvgIpc) is 2.35. The van der Waals surface area contributed by atoms with E-state index in [9.17, 15) is 14.0 Å². The van der Waals surface area contributed by atoms with E-state index in [1.807, 2.05) is 13.8 Å². The van der Waals surface area contributed by atoms with E-state index < -0.39 is 17.1 Å². The zero-order chi connectivity index (χ0) is 13.8. The quantitative estimate of drug-likeness (QED) is 0.638. The Balaban J connectivity index is 2.87. The molecule has 0 aliphatic heterocycles. The lowest BCUT2D eigenvalue weighted by atomic mass is 9.84. The van der Waals surface area contributed by atoms with Crippen LogP contribution in [0.15, 0.2) is 18.2 Å². The van der Waals surface area contributed by atoms with Crippen LogP contribution in [-0.4, -0.2) is 25.8 Å². The van der Waals surface area contributed by atoms with Crippen LogP contribution >= 0.6 is 0 Å². The molecule has 0 aromatic heterocycles. The number of carbonyl (C=O) groups is 2. The zero-order valence-electron chi connectivity index (χ0n) is 10.6. The highest BCUT2D eigenvalue weighted by molar-refractivity contribution is 6.23. The Morgan fingerprint density at radius 1 is 1.50 bits per heavy atom. The van der Waals surface area contributed by atoms with Crippen molar-refractivity contribution in [1.29, 1.82) is 0 Å². The molecule has 0 heterocycles. The fraction of sp³-hybridized carbons (Fsp3) is 0.385. The van der Waals surface area contributed by atoms with E-state index in [1.54, 1.807) is 6.07 Å². The first-order valence-corrected chi connectivity index (χ1v) is 5.47. The second kappa shape index (κ2) is 5.62. The Kier molecular flexibility index (Phi) is 4.42. The monoisotopic (exact) mass is 253 g/mol. The molecule has 0 bridgehead atoms. The standard InChI is InChI=1S/C13H16FNO3/c1-13(2,8-15-12(17)7-16)9-4-5-11(18-3)10(14)6-9/h4-7H,8H2,1-3H3,(H,15,17). The Morgan fingerprint density at radius 2 is 2.17 bits per heavy atom. The first-order valence-electron chi connectivity index (χ1n) is 5.47. The molecule has 0 fully saturated rings. The second-order valence-electron chi connectivity index (χ2n) is 4.57. The van der Waals surface area contributed by atoms with Gasteiger partial charge < -0.3 is 10.1 Å². The van der Waals surface area contributed by atoms with E-state index in [1.165, 1.54) is 19.2 Å². The third-order valence-electron chi connectivity index (χ3n) is 2.74. The molecule has 0 saturated heterocycles. The third-order valence-corrected chi connectivity index (χ3v) is 2.74. The van der Waals surface area contributed by atoms with E-state index >= 15 is 0 Å². The van der Waals surface area contributed by atoms with Crippen LogP contribution in [0.25, 0.3) is 0 Å². The minimum atomic E-state index is -0.683. The maximum atomic E-state index is 13.6. The highest BCUT2D eigenvalue weighted by atomic mass is 19.1. The SMILES string of the molecule is COc1ccc(C(C)(C)CNC(=O)C=O)cc1F. The molecule has 0 spiro atoms. The van der Waals surface area contributed by atoms with Crippen LogP contribution in [0.3, 0.4) is 0 Å². The molecule has 1 aromatic rings. The largest absolute Gasteiger partial charge is 0.494 e. The van der Waals surface area contributed by atoms with Crippen LogP contribution in [-0.2, 0) is 15.0 Å².